The van der Waals surface area contributed by atoms with Crippen LogP contribution in [0.1, 0.15) is 31.9 Å². The second-order valence-corrected chi connectivity index (χ2v) is 4.65. The molecule has 15 heavy (non-hydrogen) atoms. The van der Waals surface area contributed by atoms with Crippen molar-refractivity contribution in [2.24, 2.45) is 0 Å². The monoisotopic (exact) mass is 271 g/mol. The van der Waals surface area contributed by atoms with Gasteiger partial charge in [-0.05, 0) is 31.0 Å². The van der Waals surface area contributed by atoms with Crippen LogP contribution in [0.15, 0.2) is 28.7 Å². The van der Waals surface area contributed by atoms with Gasteiger partial charge in [0.05, 0.1) is 6.61 Å². The lowest BCUT2D eigenvalue weighted by Gasteiger charge is -2.20. The van der Waals surface area contributed by atoms with Gasteiger partial charge in [-0.1, -0.05) is 35.0 Å². The van der Waals surface area contributed by atoms with Crippen molar-refractivity contribution in [1.82, 2.24) is 5.32 Å². The van der Waals surface area contributed by atoms with Gasteiger partial charge in [0, 0.05) is 16.6 Å². The highest BCUT2D eigenvalue weighted by Crippen LogP contribution is 2.18. The van der Waals surface area contributed by atoms with Gasteiger partial charge in [-0.25, -0.2) is 0 Å². The first-order valence-electron chi connectivity index (χ1n) is 5.29. The summed E-state index contributed by atoms with van der Waals surface area (Å²) in [7, 11) is 0. The van der Waals surface area contributed by atoms with E-state index in [9.17, 15) is 0 Å². The van der Waals surface area contributed by atoms with Gasteiger partial charge in [-0.2, -0.15) is 0 Å². The Labute approximate surface area is 99.8 Å². The maximum atomic E-state index is 9.10. The van der Waals surface area contributed by atoms with Crippen molar-refractivity contribution >= 4 is 15.9 Å². The quantitative estimate of drug-likeness (QED) is 0.863. The highest BCUT2D eigenvalue weighted by molar-refractivity contribution is 9.10. The number of rotatable bonds is 5. The zero-order valence-corrected chi connectivity index (χ0v) is 10.8. The Morgan fingerprint density at radius 3 is 2.73 bits per heavy atom. The molecule has 2 atom stereocenters. The lowest BCUT2D eigenvalue weighted by atomic mass is 10.1. The summed E-state index contributed by atoms with van der Waals surface area (Å²) in [5, 5.41) is 12.5. The van der Waals surface area contributed by atoms with Crippen LogP contribution >= 0.6 is 15.9 Å². The third kappa shape index (κ3) is 3.93. The summed E-state index contributed by atoms with van der Waals surface area (Å²) in [6.07, 6.45) is 0.939. The van der Waals surface area contributed by atoms with Gasteiger partial charge in [0.25, 0.3) is 0 Å². The molecule has 0 aromatic heterocycles. The average Bonchev–Trinajstić information content (AvgIpc) is 2.25. The van der Waals surface area contributed by atoms with E-state index in [1.807, 2.05) is 12.1 Å². The molecule has 0 fully saturated rings. The first kappa shape index (κ1) is 12.7. The van der Waals surface area contributed by atoms with Gasteiger partial charge >= 0.3 is 0 Å². The van der Waals surface area contributed by atoms with E-state index in [2.05, 4.69) is 47.2 Å². The molecular weight excluding hydrogens is 254 g/mol. The Balaban J connectivity index is 2.64. The highest BCUT2D eigenvalue weighted by atomic mass is 79.9. The Hall–Kier alpha value is -0.380. The van der Waals surface area contributed by atoms with Crippen LogP contribution in [0.4, 0.5) is 0 Å². The van der Waals surface area contributed by atoms with E-state index < -0.39 is 0 Å². The lowest BCUT2D eigenvalue weighted by molar-refractivity contribution is 0.230. The molecule has 0 aliphatic carbocycles. The van der Waals surface area contributed by atoms with Crippen molar-refractivity contribution in [3.05, 3.63) is 34.3 Å². The van der Waals surface area contributed by atoms with Gasteiger partial charge in [-0.15, -0.1) is 0 Å². The molecule has 1 aromatic rings. The van der Waals surface area contributed by atoms with Crippen LogP contribution in [0, 0.1) is 0 Å². The largest absolute Gasteiger partial charge is 0.395 e. The predicted molar refractivity (Wildman–Crippen MR) is 66.9 cm³/mol. The smallest absolute Gasteiger partial charge is 0.0584 e. The molecule has 1 unspecified atom stereocenters. The Bertz CT molecular complexity index is 299. The zero-order valence-electron chi connectivity index (χ0n) is 9.20. The van der Waals surface area contributed by atoms with Crippen LogP contribution in [0.5, 0.6) is 0 Å². The fraction of sp³-hybridized carbons (Fsp3) is 0.500. The minimum atomic E-state index is 0.180. The molecule has 0 aliphatic rings. The number of hydrogen-bond donors (Lipinski definition) is 2. The van der Waals surface area contributed by atoms with E-state index in [0.717, 1.165) is 10.9 Å². The molecule has 0 saturated heterocycles. The molecule has 1 rings (SSSR count). The predicted octanol–water partition coefficient (Wildman–Crippen LogP) is 2.87. The van der Waals surface area contributed by atoms with Crippen molar-refractivity contribution in [3.63, 3.8) is 0 Å². The molecule has 2 N–H and O–H groups in total. The molecule has 2 nitrogen and oxygen atoms in total. The summed E-state index contributed by atoms with van der Waals surface area (Å²) >= 11 is 3.45. The molecule has 0 bridgehead atoms. The van der Waals surface area contributed by atoms with Crippen molar-refractivity contribution < 1.29 is 5.11 Å². The summed E-state index contributed by atoms with van der Waals surface area (Å²) in [6, 6.07) is 8.67. The first-order chi connectivity index (χ1) is 7.17. The van der Waals surface area contributed by atoms with E-state index >= 15 is 0 Å². The van der Waals surface area contributed by atoms with E-state index in [1.54, 1.807) is 0 Å². The minimum Gasteiger partial charge on any atom is -0.395 e. The third-order valence-electron chi connectivity index (χ3n) is 2.55. The summed E-state index contributed by atoms with van der Waals surface area (Å²) in [6.45, 7) is 4.37. The second kappa shape index (κ2) is 6.26. The number of halogens is 1. The molecule has 0 amide bonds. The molecule has 84 valence electrons. The number of aliphatic hydroxyl groups excluding tert-OH is 1. The number of aliphatic hydroxyl groups is 1. The fourth-order valence-electron chi connectivity index (χ4n) is 1.53. The van der Waals surface area contributed by atoms with Crippen LogP contribution in [0.3, 0.4) is 0 Å². The maximum Gasteiger partial charge on any atom is 0.0584 e. The average molecular weight is 272 g/mol. The topological polar surface area (TPSA) is 32.3 Å². The molecule has 1 aromatic carbocycles. The molecule has 0 radical (unpaired) electrons. The van der Waals surface area contributed by atoms with Crippen molar-refractivity contribution in [1.29, 1.82) is 0 Å². The van der Waals surface area contributed by atoms with E-state index in [1.165, 1.54) is 5.56 Å². The van der Waals surface area contributed by atoms with Gasteiger partial charge in [0.1, 0.15) is 0 Å². The number of hydrogen-bond acceptors (Lipinski definition) is 2. The zero-order chi connectivity index (χ0) is 11.3. The van der Waals surface area contributed by atoms with Crippen molar-refractivity contribution in [3.8, 4) is 0 Å². The molecule has 0 heterocycles. The van der Waals surface area contributed by atoms with Gasteiger partial charge in [0.2, 0.25) is 0 Å². The van der Waals surface area contributed by atoms with Crippen LogP contribution in [0.2, 0.25) is 0 Å². The Kier molecular flexibility index (Phi) is 5.29. The van der Waals surface area contributed by atoms with Crippen LogP contribution in [-0.4, -0.2) is 17.8 Å². The Morgan fingerprint density at radius 1 is 1.47 bits per heavy atom. The molecule has 0 aliphatic heterocycles. The Morgan fingerprint density at radius 2 is 2.20 bits per heavy atom. The van der Waals surface area contributed by atoms with Crippen LogP contribution < -0.4 is 5.32 Å². The summed E-state index contributed by atoms with van der Waals surface area (Å²) in [4.78, 5) is 0. The highest BCUT2D eigenvalue weighted by Gasteiger charge is 2.10. The van der Waals surface area contributed by atoms with E-state index in [-0.39, 0.29) is 18.7 Å². The summed E-state index contributed by atoms with van der Waals surface area (Å²) in [5.41, 5.74) is 1.23. The van der Waals surface area contributed by atoms with Crippen LogP contribution in [0.25, 0.3) is 0 Å². The van der Waals surface area contributed by atoms with Gasteiger partial charge in [0.15, 0.2) is 0 Å². The van der Waals surface area contributed by atoms with Crippen molar-refractivity contribution in [2.45, 2.75) is 32.4 Å². The summed E-state index contributed by atoms with van der Waals surface area (Å²) < 4.78 is 1.09. The molecular formula is C12H18BrNO. The number of nitrogens with one attached hydrogen (secondary N) is 1. The van der Waals surface area contributed by atoms with Crippen molar-refractivity contribution in [2.75, 3.05) is 6.61 Å². The standard InChI is InChI=1S/C12H18BrNO/c1-3-12(8-15)14-9(2)10-5-4-6-11(13)7-10/h4-7,9,12,14-15H,3,8H2,1-2H3/t9?,12-/m1/s1. The lowest BCUT2D eigenvalue weighted by Crippen LogP contribution is -2.33. The fourth-order valence-corrected chi connectivity index (χ4v) is 1.94. The van der Waals surface area contributed by atoms with E-state index in [4.69, 9.17) is 5.11 Å². The van der Waals surface area contributed by atoms with Gasteiger partial charge in [-0.3, -0.25) is 0 Å². The third-order valence-corrected chi connectivity index (χ3v) is 3.04. The normalized spacial score (nSPS) is 14.9. The SMILES string of the molecule is CC[C@H](CO)NC(C)c1cccc(Br)c1. The summed E-state index contributed by atoms with van der Waals surface area (Å²) in [5.74, 6) is 0. The number of benzene rings is 1. The van der Waals surface area contributed by atoms with Crippen LogP contribution in [-0.2, 0) is 0 Å². The maximum absolute atomic E-state index is 9.10. The minimum absolute atomic E-state index is 0.180. The first-order valence-corrected chi connectivity index (χ1v) is 6.09. The molecule has 0 spiro atoms. The van der Waals surface area contributed by atoms with Gasteiger partial charge < -0.3 is 10.4 Å². The molecule has 3 heteroatoms. The second-order valence-electron chi connectivity index (χ2n) is 3.73. The van der Waals surface area contributed by atoms with E-state index in [0.29, 0.717) is 0 Å². The molecule has 0 saturated carbocycles.